The number of hydrogen-bond acceptors (Lipinski definition) is 1. The first kappa shape index (κ1) is 12.7. The summed E-state index contributed by atoms with van der Waals surface area (Å²) in [5.74, 6) is 0. The van der Waals surface area contributed by atoms with Gasteiger partial charge < -0.3 is 0 Å². The predicted molar refractivity (Wildman–Crippen MR) is 85.4 cm³/mol. The van der Waals surface area contributed by atoms with E-state index in [-0.39, 0.29) is 5.38 Å². The van der Waals surface area contributed by atoms with Crippen LogP contribution in [0.15, 0.2) is 48.5 Å². The molecule has 96 valence electrons. The molecule has 2 heteroatoms. The molecule has 0 nitrogen and oxygen atoms in total. The summed E-state index contributed by atoms with van der Waals surface area (Å²) in [6.07, 6.45) is 0. The Morgan fingerprint density at radius 3 is 2.32 bits per heavy atom. The second-order valence-corrected chi connectivity index (χ2v) is 6.58. The molecular weight excluding hydrogens is 272 g/mol. The Bertz CT molecular complexity index is 727. The van der Waals surface area contributed by atoms with Crippen LogP contribution in [0.1, 0.15) is 26.3 Å². The first-order chi connectivity index (χ1) is 9.16. The standard InChI is InChI=1S/C17H15ClS/c1-11-7-9-15(14-6-4-3-5-13(11)14)17(18)16-10-8-12(2)19-16/h3-10,17H,1-2H3. The molecular formula is C17H15ClS. The van der Waals surface area contributed by atoms with Crippen LogP contribution >= 0.6 is 22.9 Å². The number of fused-ring (bicyclic) bond motifs is 1. The lowest BCUT2D eigenvalue weighted by Gasteiger charge is -2.13. The maximum atomic E-state index is 6.69. The Balaban J connectivity index is 2.18. The van der Waals surface area contributed by atoms with Gasteiger partial charge in [0.25, 0.3) is 0 Å². The van der Waals surface area contributed by atoms with Crippen molar-refractivity contribution in [2.75, 3.05) is 0 Å². The van der Waals surface area contributed by atoms with E-state index in [9.17, 15) is 0 Å². The van der Waals surface area contributed by atoms with Gasteiger partial charge in [-0.2, -0.15) is 0 Å². The summed E-state index contributed by atoms with van der Waals surface area (Å²) in [7, 11) is 0. The van der Waals surface area contributed by atoms with Gasteiger partial charge in [-0.3, -0.25) is 0 Å². The quantitative estimate of drug-likeness (QED) is 0.519. The van der Waals surface area contributed by atoms with Gasteiger partial charge in [-0.25, -0.2) is 0 Å². The number of hydrogen-bond donors (Lipinski definition) is 0. The molecule has 0 amide bonds. The fourth-order valence-electron chi connectivity index (χ4n) is 2.44. The number of aryl methyl sites for hydroxylation is 2. The van der Waals surface area contributed by atoms with E-state index < -0.39 is 0 Å². The lowest BCUT2D eigenvalue weighted by Crippen LogP contribution is -1.93. The summed E-state index contributed by atoms with van der Waals surface area (Å²) in [4.78, 5) is 2.52. The molecule has 0 radical (unpaired) electrons. The third-order valence-corrected chi connectivity index (χ3v) is 5.12. The van der Waals surface area contributed by atoms with Crippen LogP contribution in [0, 0.1) is 13.8 Å². The lowest BCUT2D eigenvalue weighted by atomic mass is 9.98. The number of benzene rings is 2. The van der Waals surface area contributed by atoms with Crippen molar-refractivity contribution in [1.82, 2.24) is 0 Å². The SMILES string of the molecule is Cc1ccc(C(Cl)c2ccc(C)c3ccccc23)s1. The molecule has 1 aromatic heterocycles. The van der Waals surface area contributed by atoms with Crippen LogP contribution in [0.2, 0.25) is 0 Å². The average molecular weight is 287 g/mol. The van der Waals surface area contributed by atoms with Gasteiger partial charge in [0.2, 0.25) is 0 Å². The summed E-state index contributed by atoms with van der Waals surface area (Å²) >= 11 is 8.46. The lowest BCUT2D eigenvalue weighted by molar-refractivity contribution is 1.20. The topological polar surface area (TPSA) is 0 Å². The van der Waals surface area contributed by atoms with Gasteiger partial charge >= 0.3 is 0 Å². The molecule has 0 spiro atoms. The number of rotatable bonds is 2. The molecule has 1 heterocycles. The monoisotopic (exact) mass is 286 g/mol. The van der Waals surface area contributed by atoms with Gasteiger partial charge in [0.15, 0.2) is 0 Å². The third-order valence-electron chi connectivity index (χ3n) is 3.46. The molecule has 0 bridgehead atoms. The highest BCUT2D eigenvalue weighted by atomic mass is 35.5. The van der Waals surface area contributed by atoms with Crippen LogP contribution in [-0.2, 0) is 0 Å². The minimum Gasteiger partial charge on any atom is -0.144 e. The summed E-state index contributed by atoms with van der Waals surface area (Å²) in [6.45, 7) is 4.26. The highest BCUT2D eigenvalue weighted by Gasteiger charge is 2.15. The van der Waals surface area contributed by atoms with Crippen molar-refractivity contribution >= 4 is 33.7 Å². The second-order valence-electron chi connectivity index (χ2n) is 4.83. The van der Waals surface area contributed by atoms with Crippen LogP contribution < -0.4 is 0 Å². The summed E-state index contributed by atoms with van der Waals surface area (Å²) in [5.41, 5.74) is 2.50. The van der Waals surface area contributed by atoms with E-state index >= 15 is 0 Å². The molecule has 3 rings (SSSR count). The average Bonchev–Trinajstić information content (AvgIpc) is 2.86. The summed E-state index contributed by atoms with van der Waals surface area (Å²) < 4.78 is 0. The maximum Gasteiger partial charge on any atom is 0.0933 e. The molecule has 1 unspecified atom stereocenters. The third kappa shape index (κ3) is 2.29. The van der Waals surface area contributed by atoms with Crippen molar-refractivity contribution in [2.24, 2.45) is 0 Å². The first-order valence-corrected chi connectivity index (χ1v) is 7.61. The largest absolute Gasteiger partial charge is 0.144 e. The molecule has 0 aliphatic rings. The molecule has 0 fully saturated rings. The van der Waals surface area contributed by atoms with Crippen molar-refractivity contribution in [3.05, 3.63) is 69.4 Å². The van der Waals surface area contributed by atoms with Gasteiger partial charge in [0.1, 0.15) is 0 Å². The van der Waals surface area contributed by atoms with E-state index in [2.05, 4.69) is 62.4 Å². The minimum atomic E-state index is -0.0656. The van der Waals surface area contributed by atoms with Gasteiger partial charge in [-0.05, 0) is 47.9 Å². The van der Waals surface area contributed by atoms with Crippen molar-refractivity contribution in [2.45, 2.75) is 19.2 Å². The summed E-state index contributed by atoms with van der Waals surface area (Å²) in [6, 6.07) is 17.1. The summed E-state index contributed by atoms with van der Waals surface area (Å²) in [5, 5.41) is 2.48. The fourth-order valence-corrected chi connectivity index (χ4v) is 3.71. The molecule has 0 saturated carbocycles. The molecule has 1 atom stereocenters. The Morgan fingerprint density at radius 2 is 1.63 bits per heavy atom. The Morgan fingerprint density at radius 1 is 0.895 bits per heavy atom. The Hall–Kier alpha value is -1.31. The highest BCUT2D eigenvalue weighted by molar-refractivity contribution is 7.12. The highest BCUT2D eigenvalue weighted by Crippen LogP contribution is 2.37. The molecule has 2 aromatic carbocycles. The number of thiophene rings is 1. The molecule has 3 aromatic rings. The Kier molecular flexibility index (Phi) is 3.34. The molecule has 0 saturated heterocycles. The van der Waals surface area contributed by atoms with E-state index in [0.29, 0.717) is 0 Å². The van der Waals surface area contributed by atoms with Crippen LogP contribution in [0.3, 0.4) is 0 Å². The number of halogens is 1. The van der Waals surface area contributed by atoms with Crippen LogP contribution in [0.25, 0.3) is 10.8 Å². The Labute approximate surface area is 122 Å². The van der Waals surface area contributed by atoms with Crippen LogP contribution in [0.4, 0.5) is 0 Å². The zero-order valence-corrected chi connectivity index (χ0v) is 12.6. The van der Waals surface area contributed by atoms with Gasteiger partial charge in [-0.1, -0.05) is 36.4 Å². The van der Waals surface area contributed by atoms with Crippen molar-refractivity contribution in [3.63, 3.8) is 0 Å². The van der Waals surface area contributed by atoms with Crippen molar-refractivity contribution in [1.29, 1.82) is 0 Å². The maximum absolute atomic E-state index is 6.69. The zero-order valence-electron chi connectivity index (χ0n) is 11.0. The molecule has 0 aliphatic carbocycles. The molecule has 0 aliphatic heterocycles. The normalized spacial score (nSPS) is 12.8. The van der Waals surface area contributed by atoms with Crippen LogP contribution in [0.5, 0.6) is 0 Å². The molecule has 0 N–H and O–H groups in total. The van der Waals surface area contributed by atoms with E-state index in [1.165, 1.54) is 31.7 Å². The predicted octanol–water partition coefficient (Wildman–Crippen LogP) is 5.85. The zero-order chi connectivity index (χ0) is 13.4. The van der Waals surface area contributed by atoms with Crippen LogP contribution in [-0.4, -0.2) is 0 Å². The number of alkyl halides is 1. The van der Waals surface area contributed by atoms with Crippen molar-refractivity contribution in [3.8, 4) is 0 Å². The smallest absolute Gasteiger partial charge is 0.0933 e. The van der Waals surface area contributed by atoms with E-state index in [0.717, 1.165) is 0 Å². The van der Waals surface area contributed by atoms with E-state index in [4.69, 9.17) is 11.6 Å². The van der Waals surface area contributed by atoms with Crippen molar-refractivity contribution < 1.29 is 0 Å². The van der Waals surface area contributed by atoms with Gasteiger partial charge in [-0.15, -0.1) is 22.9 Å². The first-order valence-electron chi connectivity index (χ1n) is 6.35. The van der Waals surface area contributed by atoms with E-state index in [1.807, 2.05) is 0 Å². The van der Waals surface area contributed by atoms with Gasteiger partial charge in [0.05, 0.1) is 5.38 Å². The molecule has 19 heavy (non-hydrogen) atoms. The second kappa shape index (κ2) is 4.99. The van der Waals surface area contributed by atoms with E-state index in [1.54, 1.807) is 11.3 Å². The van der Waals surface area contributed by atoms with Gasteiger partial charge in [0, 0.05) is 9.75 Å². The minimum absolute atomic E-state index is 0.0656. The fraction of sp³-hybridized carbons (Fsp3) is 0.176.